The Hall–Kier alpha value is -6.87. The lowest BCUT2D eigenvalue weighted by Crippen LogP contribution is -2.54. The molecule has 81 heavy (non-hydrogen) atoms. The molecule has 6 aromatic rings. The number of aryl methyl sites for hydroxylation is 1. The molecule has 6 fully saturated rings. The number of fused-ring (bicyclic) bond motifs is 2. The Kier molecular flexibility index (Phi) is 15.9. The minimum Gasteiger partial charge on any atom is -0.507 e. The number of carbonyl (C=O) groups excluding carboxylic acids is 2. The number of ether oxygens (including phenoxy) is 2. The number of benzene rings is 2. The number of nitrogens with one attached hydrogen (secondary N) is 1. The fraction of sp³-hybridized carbons (Fsp3) is 0.525. The largest absolute Gasteiger partial charge is 0.507 e. The number of carbonyl (C=O) groups is 2. The Morgan fingerprint density at radius 2 is 1.63 bits per heavy atom. The zero-order valence-corrected chi connectivity index (χ0v) is 47.7. The number of β-amino-alcohol motifs (C(OH)–C–C–N with tert-alkyl or cyclic N) is 1. The number of anilines is 4. The molecule has 0 spiro atoms. The average molecular weight is 1120 g/mol. The molecule has 6 aliphatic rings. The third kappa shape index (κ3) is 11.8. The number of para-hydroxylation sites is 1. The van der Waals surface area contributed by atoms with Crippen LogP contribution in [0.2, 0.25) is 0 Å². The number of aromatic hydroxyl groups is 1. The van der Waals surface area contributed by atoms with Gasteiger partial charge in [0.1, 0.15) is 23.8 Å². The number of phenols is 1. The molecule has 4 aromatic heterocycles. The number of thiazole rings is 1. The van der Waals surface area contributed by atoms with E-state index in [1.165, 1.54) is 0 Å². The fourth-order valence-corrected chi connectivity index (χ4v) is 14.3. The van der Waals surface area contributed by atoms with E-state index in [1.54, 1.807) is 28.4 Å². The lowest BCUT2D eigenvalue weighted by molar-refractivity contribution is -0.141. The quantitative estimate of drug-likeness (QED) is 0.0679. The summed E-state index contributed by atoms with van der Waals surface area (Å²) in [5.74, 6) is 1.58. The number of piperazine rings is 1. The molecule has 2 amide bonds. The van der Waals surface area contributed by atoms with Crippen molar-refractivity contribution in [3.63, 3.8) is 0 Å². The lowest BCUT2D eigenvalue weighted by atomic mass is 9.91. The summed E-state index contributed by atoms with van der Waals surface area (Å²) in [4.78, 5) is 49.7. The van der Waals surface area contributed by atoms with E-state index in [2.05, 4.69) is 62.4 Å². The average Bonchev–Trinajstić information content (AvgIpc) is 4.31. The first kappa shape index (κ1) is 54.7. The minimum atomic E-state index is -0.807. The maximum Gasteiger partial charge on any atom is 0.243 e. The second-order valence-corrected chi connectivity index (χ2v) is 24.7. The lowest BCUT2D eigenvalue weighted by Gasteiger charge is -2.43. The molecule has 2 unspecified atom stereocenters. The van der Waals surface area contributed by atoms with Crippen LogP contribution in [-0.4, -0.2) is 152 Å². The minimum absolute atomic E-state index is 0.0766. The van der Waals surface area contributed by atoms with Crippen LogP contribution in [0.15, 0.2) is 89.0 Å². The Bertz CT molecular complexity index is 3150. The van der Waals surface area contributed by atoms with Crippen molar-refractivity contribution in [2.24, 2.45) is 11.8 Å². The third-order valence-corrected chi connectivity index (χ3v) is 18.8. The number of phenolic OH excluding ortho intramolecular Hbond substituents is 1. The van der Waals surface area contributed by atoms with Crippen LogP contribution < -0.4 is 30.5 Å². The number of hydrogen-bond acceptors (Lipinski definition) is 18. The van der Waals surface area contributed by atoms with Crippen LogP contribution in [0.1, 0.15) is 108 Å². The fourth-order valence-electron chi connectivity index (χ4n) is 13.5. The van der Waals surface area contributed by atoms with Gasteiger partial charge in [-0.25, -0.2) is 9.97 Å². The summed E-state index contributed by atoms with van der Waals surface area (Å²) in [6.45, 7) is 14.3. The number of nitrogens with two attached hydrogens (primary N) is 1. The number of aromatic nitrogens is 5. The molecule has 5 N–H and O–H groups in total. The third-order valence-electron chi connectivity index (χ3n) is 17.8. The van der Waals surface area contributed by atoms with E-state index in [0.29, 0.717) is 46.7 Å². The summed E-state index contributed by atoms with van der Waals surface area (Å²) in [5.41, 5.74) is 14.5. The van der Waals surface area contributed by atoms with Crippen LogP contribution in [0.3, 0.4) is 0 Å². The number of nitrogen functional groups attached to an aromatic ring is 1. The van der Waals surface area contributed by atoms with Gasteiger partial charge in [-0.05, 0) is 99.6 Å². The molecule has 5 aliphatic heterocycles. The van der Waals surface area contributed by atoms with Crippen LogP contribution in [0.5, 0.6) is 11.6 Å². The molecule has 12 rings (SSSR count). The molecular formula is C61H76N12O7S. The molecule has 428 valence electrons. The Labute approximate surface area is 477 Å². The maximum atomic E-state index is 14.5. The van der Waals surface area contributed by atoms with Crippen LogP contribution in [0, 0.1) is 18.8 Å². The number of likely N-dealkylation sites (tertiary alicyclic amines) is 2. The van der Waals surface area contributed by atoms with Crippen LogP contribution >= 0.6 is 11.3 Å². The Morgan fingerprint density at radius 3 is 2.37 bits per heavy atom. The number of hydrogen-bond donors (Lipinski definition) is 4. The summed E-state index contributed by atoms with van der Waals surface area (Å²) in [7, 11) is 0. The van der Waals surface area contributed by atoms with Gasteiger partial charge in [0.25, 0.3) is 0 Å². The van der Waals surface area contributed by atoms with Gasteiger partial charge in [0, 0.05) is 113 Å². The van der Waals surface area contributed by atoms with Crippen LogP contribution in [0.4, 0.5) is 23.0 Å². The highest BCUT2D eigenvalue weighted by Gasteiger charge is 2.45. The molecule has 1 aliphatic carbocycles. The van der Waals surface area contributed by atoms with Gasteiger partial charge >= 0.3 is 0 Å². The second kappa shape index (κ2) is 23.5. The molecule has 9 heterocycles. The standard InChI is InChI=1S/C61H76N12O7S/c1-36(2)57(61(77)72-34-45(74)25-52(72)60(76)65-37(3)40-11-13-41(14-12-40)58-38(4)64-35-81-58)54-29-55(68-80-54)70-21-7-8-39(31-70)30-69-22-18-46(19-23-69)78-47-26-48(27-47)79-56-24-42(17-20-63-56)73-43-15-16-44(73)33-71(32-43)51-28-50(66-67-59(51)62)49-9-5-6-10-53(49)75/h5-6,9-14,17,20,24,28-29,35-37,39,43-48,52,57,74-75H,7-8,15-16,18-19,21-23,25-27,30-34H2,1-4H3,(H2,62,67)(H,65,76)/t37-,39-,43?,44?,45+,47?,48?,52-,57+/m0/s1. The van der Waals surface area contributed by atoms with E-state index in [-0.39, 0.29) is 60.8 Å². The summed E-state index contributed by atoms with van der Waals surface area (Å²) >= 11 is 1.60. The first-order valence-corrected chi connectivity index (χ1v) is 30.1. The van der Waals surface area contributed by atoms with Crippen molar-refractivity contribution >= 4 is 46.2 Å². The van der Waals surface area contributed by atoms with Crippen LogP contribution in [-0.2, 0) is 14.3 Å². The van der Waals surface area contributed by atoms with E-state index in [1.807, 2.05) is 87.9 Å². The van der Waals surface area contributed by atoms with E-state index in [0.717, 1.165) is 136 Å². The van der Waals surface area contributed by atoms with Crippen molar-refractivity contribution in [2.75, 3.05) is 72.8 Å². The van der Waals surface area contributed by atoms with E-state index >= 15 is 0 Å². The number of piperidine rings is 2. The maximum absolute atomic E-state index is 14.5. The van der Waals surface area contributed by atoms with Gasteiger partial charge in [-0.3, -0.25) is 9.59 Å². The predicted octanol–water partition coefficient (Wildman–Crippen LogP) is 7.99. The SMILES string of the molecule is Cc1ncsc1-c1ccc([C@H](C)NC(=O)[C@@H]2C[C@@H](O)CN2C(=O)[C@@H](c2cc(N3CCC[C@@H](CN4CCC(OC5CC(Oc6cc(N7C8CCC7CN(c7cc(-c9ccccc9O)nnc7N)C8)ccn6)C5)CC4)C3)no2)C(C)C)cc1. The number of aliphatic hydroxyl groups excluding tert-OH is 1. The second-order valence-electron chi connectivity index (χ2n) is 23.8. The predicted molar refractivity (Wildman–Crippen MR) is 311 cm³/mol. The number of pyridine rings is 1. The van der Waals surface area contributed by atoms with E-state index < -0.39 is 18.1 Å². The molecule has 19 nitrogen and oxygen atoms in total. The van der Waals surface area contributed by atoms with E-state index in [4.69, 9.17) is 19.7 Å². The molecular weight excluding hydrogens is 1040 g/mol. The zero-order chi connectivity index (χ0) is 55.9. The smallest absolute Gasteiger partial charge is 0.243 e. The summed E-state index contributed by atoms with van der Waals surface area (Å²) in [5, 5.41) is 37.5. The van der Waals surface area contributed by atoms with Crippen molar-refractivity contribution in [2.45, 2.75) is 140 Å². The van der Waals surface area contributed by atoms with Crippen molar-refractivity contribution in [3.8, 4) is 33.3 Å². The Balaban J connectivity index is 0.582. The molecule has 1 saturated carbocycles. The Morgan fingerprint density at radius 1 is 0.852 bits per heavy atom. The monoisotopic (exact) mass is 1120 g/mol. The van der Waals surface area contributed by atoms with Crippen LogP contribution in [0.25, 0.3) is 21.7 Å². The highest BCUT2D eigenvalue weighted by atomic mass is 32.1. The molecule has 2 aromatic carbocycles. The number of rotatable bonds is 17. The molecule has 0 radical (unpaired) electrons. The highest BCUT2D eigenvalue weighted by Crippen LogP contribution is 2.41. The molecule has 5 saturated heterocycles. The normalized spacial score (nSPS) is 25.0. The topological polar surface area (TPSA) is 225 Å². The van der Waals surface area contributed by atoms with Gasteiger partial charge in [-0.2, -0.15) is 0 Å². The first-order chi connectivity index (χ1) is 39.3. The number of amides is 2. The molecule has 20 heteroatoms. The molecule has 7 atom stereocenters. The highest BCUT2D eigenvalue weighted by molar-refractivity contribution is 7.13. The van der Waals surface area contributed by atoms with Gasteiger partial charge in [-0.1, -0.05) is 55.4 Å². The zero-order valence-electron chi connectivity index (χ0n) is 46.8. The number of aliphatic hydroxyl groups is 1. The van der Waals surface area contributed by atoms with E-state index in [9.17, 15) is 19.8 Å². The summed E-state index contributed by atoms with van der Waals surface area (Å²) in [6, 6.07) is 22.8. The van der Waals surface area contributed by atoms with Crippen molar-refractivity contribution < 1.29 is 33.8 Å². The van der Waals surface area contributed by atoms with Gasteiger partial charge in [-0.15, -0.1) is 21.5 Å². The summed E-state index contributed by atoms with van der Waals surface area (Å²) < 4.78 is 19.1. The molecule has 2 bridgehead atoms. The number of nitrogens with zero attached hydrogens (tertiary/aromatic N) is 10. The van der Waals surface area contributed by atoms with Gasteiger partial charge in [0.2, 0.25) is 17.7 Å². The van der Waals surface area contributed by atoms with Gasteiger partial charge in [0.05, 0.1) is 51.8 Å². The van der Waals surface area contributed by atoms with Gasteiger partial charge < -0.3 is 59.8 Å². The van der Waals surface area contributed by atoms with Crippen molar-refractivity contribution in [1.29, 1.82) is 0 Å². The van der Waals surface area contributed by atoms with Gasteiger partial charge in [0.15, 0.2) is 17.4 Å². The van der Waals surface area contributed by atoms with Crippen molar-refractivity contribution in [1.82, 2.24) is 40.4 Å². The van der Waals surface area contributed by atoms with Crippen molar-refractivity contribution in [3.05, 3.63) is 102 Å². The summed E-state index contributed by atoms with van der Waals surface area (Å²) in [6.07, 6.45) is 9.81. The first-order valence-electron chi connectivity index (χ1n) is 29.2.